The number of nitrogens with one attached hydrogen (secondary N) is 2. The summed E-state index contributed by atoms with van der Waals surface area (Å²) in [6.07, 6.45) is 1.50. The molecule has 0 amide bonds. The van der Waals surface area contributed by atoms with E-state index in [1.165, 1.54) is 7.05 Å². The van der Waals surface area contributed by atoms with Crippen LogP contribution in [0, 0.1) is 13.8 Å². The SMILES string of the molecule is CNS(=O)(=O)CCCN[C@H]1CCO[C@@H]1c1c(C)nn(C)c1C. The maximum Gasteiger partial charge on any atom is 0.211 e. The van der Waals surface area contributed by atoms with Gasteiger partial charge in [-0.05, 0) is 40.3 Å². The molecule has 22 heavy (non-hydrogen) atoms. The lowest BCUT2D eigenvalue weighted by Gasteiger charge is -2.20. The first kappa shape index (κ1) is 17.4. The van der Waals surface area contributed by atoms with Crippen molar-refractivity contribution in [3.63, 3.8) is 0 Å². The minimum atomic E-state index is -3.13. The van der Waals surface area contributed by atoms with Gasteiger partial charge in [0.15, 0.2) is 0 Å². The average Bonchev–Trinajstić information content (AvgIpc) is 3.00. The van der Waals surface area contributed by atoms with E-state index in [2.05, 4.69) is 15.1 Å². The van der Waals surface area contributed by atoms with Crippen LogP contribution in [0.3, 0.4) is 0 Å². The van der Waals surface area contributed by atoms with Crippen LogP contribution in [0.25, 0.3) is 0 Å². The fraction of sp³-hybridized carbons (Fsp3) is 0.786. The fourth-order valence-corrected chi connectivity index (χ4v) is 3.67. The van der Waals surface area contributed by atoms with Crippen molar-refractivity contribution in [2.45, 2.75) is 38.8 Å². The lowest BCUT2D eigenvalue weighted by molar-refractivity contribution is 0.0978. The van der Waals surface area contributed by atoms with E-state index < -0.39 is 10.0 Å². The molecule has 0 aliphatic carbocycles. The van der Waals surface area contributed by atoms with Crippen molar-refractivity contribution in [1.82, 2.24) is 19.8 Å². The lowest BCUT2D eigenvalue weighted by Crippen LogP contribution is -2.34. The number of hydrogen-bond donors (Lipinski definition) is 2. The topological polar surface area (TPSA) is 85.2 Å². The molecule has 2 N–H and O–H groups in total. The van der Waals surface area contributed by atoms with E-state index in [9.17, 15) is 8.42 Å². The Hall–Kier alpha value is -0.960. The van der Waals surface area contributed by atoms with Gasteiger partial charge in [0.25, 0.3) is 0 Å². The highest BCUT2D eigenvalue weighted by Gasteiger charge is 2.33. The van der Waals surface area contributed by atoms with Crippen LogP contribution in [-0.4, -0.2) is 50.2 Å². The lowest BCUT2D eigenvalue weighted by atomic mass is 10.0. The van der Waals surface area contributed by atoms with Crippen molar-refractivity contribution in [1.29, 1.82) is 0 Å². The molecule has 0 spiro atoms. The van der Waals surface area contributed by atoms with Crippen LogP contribution >= 0.6 is 0 Å². The normalized spacial score (nSPS) is 22.4. The van der Waals surface area contributed by atoms with Gasteiger partial charge in [0.05, 0.1) is 11.4 Å². The van der Waals surface area contributed by atoms with Gasteiger partial charge in [0, 0.05) is 31.0 Å². The first-order valence-electron chi connectivity index (χ1n) is 7.62. The third-order valence-corrected chi connectivity index (χ3v) is 5.70. The van der Waals surface area contributed by atoms with Crippen molar-refractivity contribution < 1.29 is 13.2 Å². The molecule has 1 aliphatic heterocycles. The van der Waals surface area contributed by atoms with Crippen molar-refractivity contribution >= 4 is 10.0 Å². The van der Waals surface area contributed by atoms with Gasteiger partial charge >= 0.3 is 0 Å². The van der Waals surface area contributed by atoms with Crippen LogP contribution in [-0.2, 0) is 21.8 Å². The molecule has 0 unspecified atom stereocenters. The number of aromatic nitrogens is 2. The van der Waals surface area contributed by atoms with E-state index in [1.54, 1.807) is 0 Å². The minimum Gasteiger partial charge on any atom is -0.372 e. The smallest absolute Gasteiger partial charge is 0.211 e. The van der Waals surface area contributed by atoms with Gasteiger partial charge < -0.3 is 10.1 Å². The number of ether oxygens (including phenoxy) is 1. The molecule has 0 aromatic carbocycles. The summed E-state index contributed by atoms with van der Waals surface area (Å²) in [6, 6.07) is 0.207. The van der Waals surface area contributed by atoms with Crippen molar-refractivity contribution in [3.05, 3.63) is 17.0 Å². The van der Waals surface area contributed by atoms with E-state index in [0.29, 0.717) is 19.6 Å². The molecule has 2 atom stereocenters. The molecule has 0 bridgehead atoms. The summed E-state index contributed by atoms with van der Waals surface area (Å²) in [5.41, 5.74) is 3.27. The molecule has 2 rings (SSSR count). The molecule has 7 nitrogen and oxygen atoms in total. The molecule has 2 heterocycles. The van der Waals surface area contributed by atoms with E-state index >= 15 is 0 Å². The predicted molar refractivity (Wildman–Crippen MR) is 85.2 cm³/mol. The Morgan fingerprint density at radius 3 is 2.73 bits per heavy atom. The molecule has 1 fully saturated rings. The molecule has 1 saturated heterocycles. The Bertz CT molecular complexity index is 612. The maximum absolute atomic E-state index is 11.4. The third kappa shape index (κ3) is 3.87. The first-order chi connectivity index (χ1) is 10.4. The molecule has 8 heteroatoms. The molecule has 1 aliphatic rings. The minimum absolute atomic E-state index is 0.00499. The summed E-state index contributed by atoms with van der Waals surface area (Å²) in [5, 5.41) is 7.89. The quantitative estimate of drug-likeness (QED) is 0.707. The summed E-state index contributed by atoms with van der Waals surface area (Å²) in [7, 11) is 0.253. The molecule has 0 radical (unpaired) electrons. The average molecular weight is 330 g/mol. The van der Waals surface area contributed by atoms with Crippen LogP contribution in [0.2, 0.25) is 0 Å². The summed E-state index contributed by atoms with van der Waals surface area (Å²) >= 11 is 0. The van der Waals surface area contributed by atoms with E-state index in [1.807, 2.05) is 25.6 Å². The van der Waals surface area contributed by atoms with Gasteiger partial charge in [-0.3, -0.25) is 4.68 Å². The van der Waals surface area contributed by atoms with Gasteiger partial charge in [-0.25, -0.2) is 13.1 Å². The van der Waals surface area contributed by atoms with Crippen LogP contribution in [0.4, 0.5) is 0 Å². The van der Waals surface area contributed by atoms with Gasteiger partial charge in [-0.1, -0.05) is 0 Å². The maximum atomic E-state index is 11.4. The second kappa shape index (κ2) is 7.08. The van der Waals surface area contributed by atoms with Crippen LogP contribution in [0.1, 0.15) is 35.9 Å². The van der Waals surface area contributed by atoms with Crippen molar-refractivity contribution in [3.8, 4) is 0 Å². The monoisotopic (exact) mass is 330 g/mol. The zero-order valence-electron chi connectivity index (χ0n) is 13.7. The van der Waals surface area contributed by atoms with Gasteiger partial charge in [0.1, 0.15) is 6.10 Å². The third-order valence-electron chi connectivity index (χ3n) is 4.25. The number of nitrogens with zero attached hydrogens (tertiary/aromatic N) is 2. The zero-order chi connectivity index (χ0) is 16.3. The number of sulfonamides is 1. The zero-order valence-corrected chi connectivity index (χ0v) is 14.5. The molecule has 0 saturated carbocycles. The number of hydrogen-bond acceptors (Lipinski definition) is 5. The van der Waals surface area contributed by atoms with Crippen molar-refractivity contribution in [2.24, 2.45) is 7.05 Å². The number of aryl methyl sites for hydroxylation is 2. The Kier molecular flexibility index (Phi) is 5.60. The molecular formula is C14H26N4O3S. The van der Waals surface area contributed by atoms with Crippen LogP contribution in [0.15, 0.2) is 0 Å². The second-order valence-electron chi connectivity index (χ2n) is 5.73. The second-order valence-corrected chi connectivity index (χ2v) is 7.77. The summed E-state index contributed by atoms with van der Waals surface area (Å²) in [5.74, 6) is 0.139. The fourth-order valence-electron chi connectivity index (χ4n) is 2.94. The molecular weight excluding hydrogens is 304 g/mol. The molecule has 1 aromatic rings. The van der Waals surface area contributed by atoms with Gasteiger partial charge in [-0.2, -0.15) is 5.10 Å². The first-order valence-corrected chi connectivity index (χ1v) is 9.27. The summed E-state index contributed by atoms with van der Waals surface area (Å²) in [6.45, 7) is 5.42. The largest absolute Gasteiger partial charge is 0.372 e. The predicted octanol–water partition coefficient (Wildman–Crippen LogP) is 0.396. The molecule has 126 valence electrons. The van der Waals surface area contributed by atoms with Crippen molar-refractivity contribution in [2.75, 3.05) is 26.0 Å². The van der Waals surface area contributed by atoms with Gasteiger partial charge in [0.2, 0.25) is 10.0 Å². The number of rotatable bonds is 7. The van der Waals surface area contributed by atoms with Crippen LogP contribution < -0.4 is 10.0 Å². The Morgan fingerprint density at radius 1 is 1.41 bits per heavy atom. The van der Waals surface area contributed by atoms with E-state index in [0.717, 1.165) is 23.4 Å². The highest BCUT2D eigenvalue weighted by atomic mass is 32.2. The molecule has 1 aromatic heterocycles. The van der Waals surface area contributed by atoms with E-state index in [-0.39, 0.29) is 17.9 Å². The highest BCUT2D eigenvalue weighted by molar-refractivity contribution is 7.89. The summed E-state index contributed by atoms with van der Waals surface area (Å²) in [4.78, 5) is 0. The Balaban J connectivity index is 1.94. The van der Waals surface area contributed by atoms with Crippen LogP contribution in [0.5, 0.6) is 0 Å². The standard InChI is InChI=1S/C14H26N4O3S/c1-10-13(11(2)18(4)17-10)14-12(6-8-21-14)16-7-5-9-22(19,20)15-3/h12,14-16H,5-9H2,1-4H3/t12-,14-/m0/s1. The highest BCUT2D eigenvalue weighted by Crippen LogP contribution is 2.33. The van der Waals surface area contributed by atoms with Gasteiger partial charge in [-0.15, -0.1) is 0 Å². The summed E-state index contributed by atoms with van der Waals surface area (Å²) < 4.78 is 32.9. The Labute approximate surface area is 132 Å². The van der Waals surface area contributed by atoms with E-state index in [4.69, 9.17) is 4.74 Å². The Morgan fingerprint density at radius 2 is 2.14 bits per heavy atom.